The van der Waals surface area contributed by atoms with E-state index < -0.39 is 0 Å². The van der Waals surface area contributed by atoms with Crippen LogP contribution in [0.25, 0.3) is 11.1 Å². The van der Waals surface area contributed by atoms with E-state index in [1.54, 1.807) is 4.90 Å². The predicted octanol–water partition coefficient (Wildman–Crippen LogP) is 2.72. The van der Waals surface area contributed by atoms with Gasteiger partial charge in [0.1, 0.15) is 11.6 Å². The molecule has 2 aromatic carbocycles. The first-order valence-corrected chi connectivity index (χ1v) is 9.66. The van der Waals surface area contributed by atoms with Gasteiger partial charge in [0.2, 0.25) is 11.8 Å². The number of aromatic nitrogens is 1. The Morgan fingerprint density at radius 2 is 1.89 bits per heavy atom. The fraction of sp³-hybridized carbons (Fsp3) is 0.318. The number of amides is 2. The lowest BCUT2D eigenvalue weighted by atomic mass is 10.1. The first-order chi connectivity index (χ1) is 13.7. The zero-order chi connectivity index (χ0) is 19.3. The zero-order valence-corrected chi connectivity index (χ0v) is 15.6. The van der Waals surface area contributed by atoms with Crippen molar-refractivity contribution in [1.29, 1.82) is 0 Å². The Balaban J connectivity index is 1.31. The van der Waals surface area contributed by atoms with Crippen molar-refractivity contribution in [2.75, 3.05) is 13.1 Å². The van der Waals surface area contributed by atoms with Crippen LogP contribution in [0.4, 0.5) is 0 Å². The topological polar surface area (TPSA) is 75.4 Å². The fourth-order valence-electron chi connectivity index (χ4n) is 3.65. The molecule has 3 aromatic rings. The van der Waals surface area contributed by atoms with Crippen LogP contribution in [0.15, 0.2) is 59.0 Å². The van der Waals surface area contributed by atoms with Gasteiger partial charge in [-0.15, -0.1) is 0 Å². The maximum Gasteiger partial charge on any atom is 0.242 e. The normalized spacial score (nSPS) is 16.4. The summed E-state index contributed by atoms with van der Waals surface area (Å²) in [4.78, 5) is 31.4. The third-order valence-corrected chi connectivity index (χ3v) is 5.05. The number of likely N-dealkylation sites (tertiary alicyclic amines) is 1. The number of carbonyl (C=O) groups excluding carboxylic acids is 2. The van der Waals surface area contributed by atoms with Gasteiger partial charge in [0.25, 0.3) is 0 Å². The molecule has 0 saturated carbocycles. The third kappa shape index (κ3) is 4.06. The molecule has 0 spiro atoms. The zero-order valence-electron chi connectivity index (χ0n) is 15.6. The first kappa shape index (κ1) is 18.2. The molecule has 0 radical (unpaired) electrons. The number of hydrogen-bond donors (Lipinski definition) is 1. The second-order valence-electron chi connectivity index (χ2n) is 7.02. The summed E-state index contributed by atoms with van der Waals surface area (Å²) in [6.45, 7) is 1.07. The highest BCUT2D eigenvalue weighted by Gasteiger charge is 2.33. The number of para-hydroxylation sites is 2. The van der Waals surface area contributed by atoms with Gasteiger partial charge in [-0.25, -0.2) is 4.98 Å². The summed E-state index contributed by atoms with van der Waals surface area (Å²) < 4.78 is 5.67. The summed E-state index contributed by atoms with van der Waals surface area (Å²) in [7, 11) is 0. The van der Waals surface area contributed by atoms with Crippen LogP contribution in [0.1, 0.15) is 24.3 Å². The Bertz CT molecular complexity index is 934. The maximum atomic E-state index is 12.6. The molecule has 144 valence electrons. The second-order valence-corrected chi connectivity index (χ2v) is 7.02. The van der Waals surface area contributed by atoms with Crippen LogP contribution in [0.5, 0.6) is 0 Å². The minimum atomic E-state index is -0.389. The average Bonchev–Trinajstić information content (AvgIpc) is 3.35. The molecular weight excluding hydrogens is 354 g/mol. The van der Waals surface area contributed by atoms with Gasteiger partial charge < -0.3 is 14.6 Å². The molecule has 1 atom stereocenters. The maximum absolute atomic E-state index is 12.6. The standard InChI is InChI=1S/C22H23N3O3/c26-21(15-16-7-2-1-3-8-16)25-14-6-10-18(25)22(27)23-13-12-20-24-17-9-4-5-11-19(17)28-20/h1-5,7-9,11,18H,6,10,12-15H2,(H,23,27)/t18-/m1/s1. The summed E-state index contributed by atoms with van der Waals surface area (Å²) in [5.74, 6) is 0.503. The summed E-state index contributed by atoms with van der Waals surface area (Å²) in [5, 5.41) is 2.93. The highest BCUT2D eigenvalue weighted by atomic mass is 16.3. The van der Waals surface area contributed by atoms with Crippen molar-refractivity contribution in [1.82, 2.24) is 15.2 Å². The highest BCUT2D eigenvalue weighted by molar-refractivity contribution is 5.89. The Morgan fingerprint density at radius 3 is 2.71 bits per heavy atom. The molecule has 0 bridgehead atoms. The van der Waals surface area contributed by atoms with Crippen LogP contribution in [-0.4, -0.2) is 40.8 Å². The summed E-state index contributed by atoms with van der Waals surface area (Å²) in [6, 6.07) is 16.8. The van der Waals surface area contributed by atoms with Crippen LogP contribution in [0, 0.1) is 0 Å². The lowest BCUT2D eigenvalue weighted by Crippen LogP contribution is -2.46. The van der Waals surface area contributed by atoms with Crippen molar-refractivity contribution in [3.8, 4) is 0 Å². The van der Waals surface area contributed by atoms with Gasteiger partial charge in [0.05, 0.1) is 6.42 Å². The number of oxazole rings is 1. The average molecular weight is 377 g/mol. The van der Waals surface area contributed by atoms with Gasteiger partial charge in [-0.05, 0) is 30.5 Å². The minimum absolute atomic E-state index is 0.00259. The number of nitrogens with zero attached hydrogens (tertiary/aromatic N) is 2. The van der Waals surface area contributed by atoms with Gasteiger partial charge >= 0.3 is 0 Å². The number of benzene rings is 2. The van der Waals surface area contributed by atoms with Crippen LogP contribution in [-0.2, 0) is 22.4 Å². The van der Waals surface area contributed by atoms with E-state index in [9.17, 15) is 9.59 Å². The van der Waals surface area contributed by atoms with Crippen LogP contribution in [0.3, 0.4) is 0 Å². The Morgan fingerprint density at radius 1 is 1.11 bits per heavy atom. The van der Waals surface area contributed by atoms with E-state index in [2.05, 4.69) is 10.3 Å². The van der Waals surface area contributed by atoms with Crippen molar-refractivity contribution in [3.05, 3.63) is 66.1 Å². The van der Waals surface area contributed by atoms with E-state index in [1.807, 2.05) is 54.6 Å². The molecule has 0 aliphatic carbocycles. The number of rotatable bonds is 6. The monoisotopic (exact) mass is 377 g/mol. The highest BCUT2D eigenvalue weighted by Crippen LogP contribution is 2.19. The largest absolute Gasteiger partial charge is 0.441 e. The molecule has 2 amide bonds. The quantitative estimate of drug-likeness (QED) is 0.717. The Labute approximate surface area is 163 Å². The van der Waals surface area contributed by atoms with E-state index in [1.165, 1.54) is 0 Å². The van der Waals surface area contributed by atoms with Crippen LogP contribution >= 0.6 is 0 Å². The van der Waals surface area contributed by atoms with E-state index in [0.29, 0.717) is 38.2 Å². The molecule has 4 rings (SSSR count). The van der Waals surface area contributed by atoms with E-state index in [0.717, 1.165) is 23.1 Å². The fourth-order valence-corrected chi connectivity index (χ4v) is 3.65. The van der Waals surface area contributed by atoms with Crippen molar-refractivity contribution >= 4 is 22.9 Å². The van der Waals surface area contributed by atoms with Crippen molar-refractivity contribution in [2.45, 2.75) is 31.7 Å². The Kier molecular flexibility index (Phi) is 5.37. The van der Waals surface area contributed by atoms with Gasteiger partial charge in [0, 0.05) is 19.5 Å². The molecule has 6 heteroatoms. The molecule has 1 N–H and O–H groups in total. The minimum Gasteiger partial charge on any atom is -0.441 e. The predicted molar refractivity (Wildman–Crippen MR) is 106 cm³/mol. The summed E-state index contributed by atoms with van der Waals surface area (Å²) in [5.41, 5.74) is 2.53. The van der Waals surface area contributed by atoms with Crippen molar-refractivity contribution in [3.63, 3.8) is 0 Å². The first-order valence-electron chi connectivity index (χ1n) is 9.66. The lowest BCUT2D eigenvalue weighted by molar-refractivity contribution is -0.137. The molecule has 1 aliphatic heterocycles. The van der Waals surface area contributed by atoms with E-state index >= 15 is 0 Å². The molecular formula is C22H23N3O3. The van der Waals surface area contributed by atoms with Crippen LogP contribution < -0.4 is 5.32 Å². The second kappa shape index (κ2) is 8.25. The molecule has 1 saturated heterocycles. The number of carbonyl (C=O) groups is 2. The van der Waals surface area contributed by atoms with E-state index in [4.69, 9.17) is 4.42 Å². The molecule has 28 heavy (non-hydrogen) atoms. The van der Waals surface area contributed by atoms with Crippen LogP contribution in [0.2, 0.25) is 0 Å². The number of fused-ring (bicyclic) bond motifs is 1. The summed E-state index contributed by atoms with van der Waals surface area (Å²) >= 11 is 0. The van der Waals surface area contributed by atoms with Gasteiger partial charge in [-0.3, -0.25) is 9.59 Å². The smallest absolute Gasteiger partial charge is 0.242 e. The number of nitrogens with one attached hydrogen (secondary N) is 1. The van der Waals surface area contributed by atoms with E-state index in [-0.39, 0.29) is 17.9 Å². The molecule has 1 aromatic heterocycles. The molecule has 0 unspecified atom stereocenters. The van der Waals surface area contributed by atoms with Crippen molar-refractivity contribution in [2.24, 2.45) is 0 Å². The molecule has 6 nitrogen and oxygen atoms in total. The molecule has 1 aliphatic rings. The lowest BCUT2D eigenvalue weighted by Gasteiger charge is -2.24. The SMILES string of the molecule is O=C(NCCc1nc2ccccc2o1)[C@H]1CCCN1C(=O)Cc1ccccc1. The van der Waals surface area contributed by atoms with Gasteiger partial charge in [-0.1, -0.05) is 42.5 Å². The Hall–Kier alpha value is -3.15. The van der Waals surface area contributed by atoms with Gasteiger partial charge in [0.15, 0.2) is 11.5 Å². The molecule has 2 heterocycles. The number of hydrogen-bond acceptors (Lipinski definition) is 4. The molecule has 1 fully saturated rings. The van der Waals surface area contributed by atoms with Crippen molar-refractivity contribution < 1.29 is 14.0 Å². The third-order valence-electron chi connectivity index (χ3n) is 5.05. The summed E-state index contributed by atoms with van der Waals surface area (Å²) in [6.07, 6.45) is 2.40. The van der Waals surface area contributed by atoms with Gasteiger partial charge in [-0.2, -0.15) is 0 Å².